The average Bonchev–Trinajstić information content (AvgIpc) is 2.44. The number of anilines is 2. The lowest BCUT2D eigenvalue weighted by Gasteiger charge is -2.12. The summed E-state index contributed by atoms with van der Waals surface area (Å²) in [6.45, 7) is 1.53. The first kappa shape index (κ1) is 15.0. The van der Waals surface area contributed by atoms with Crippen LogP contribution in [0.25, 0.3) is 0 Å². The predicted octanol–water partition coefficient (Wildman–Crippen LogP) is 2.58. The second kappa shape index (κ2) is 6.85. The van der Waals surface area contributed by atoms with E-state index in [0.717, 1.165) is 18.0 Å². The van der Waals surface area contributed by atoms with Gasteiger partial charge in [0, 0.05) is 12.6 Å². The Morgan fingerprint density at radius 3 is 2.10 bits per heavy atom. The van der Waals surface area contributed by atoms with Crippen LogP contribution in [0, 0.1) is 0 Å². The molecule has 0 amide bonds. The Morgan fingerprint density at radius 1 is 0.857 bits per heavy atom. The first-order valence-electron chi connectivity index (χ1n) is 6.75. The monoisotopic (exact) mass is 287 g/mol. The van der Waals surface area contributed by atoms with Gasteiger partial charge < -0.3 is 25.8 Å². The second-order valence-electron chi connectivity index (χ2n) is 5.02. The van der Waals surface area contributed by atoms with E-state index in [-0.39, 0.29) is 0 Å². The van der Waals surface area contributed by atoms with E-state index < -0.39 is 0 Å². The molecular weight excluding hydrogens is 266 g/mol. The Labute approximate surface area is 125 Å². The van der Waals surface area contributed by atoms with E-state index in [2.05, 4.69) is 4.90 Å². The van der Waals surface area contributed by atoms with Crippen molar-refractivity contribution in [1.29, 1.82) is 0 Å². The molecule has 0 unspecified atom stereocenters. The molecule has 0 aromatic heterocycles. The highest BCUT2D eigenvalue weighted by molar-refractivity contribution is 5.65. The number of hydrogen-bond acceptors (Lipinski definition) is 5. The zero-order chi connectivity index (χ0) is 15.2. The highest BCUT2D eigenvalue weighted by atomic mass is 16.5. The average molecular weight is 287 g/mol. The number of nitrogens with two attached hydrogens (primary N) is 2. The number of benzene rings is 2. The molecule has 5 nitrogen and oxygen atoms in total. The lowest BCUT2D eigenvalue weighted by molar-refractivity contribution is 0.261. The van der Waals surface area contributed by atoms with Crippen LogP contribution in [0.5, 0.6) is 17.2 Å². The van der Waals surface area contributed by atoms with Crippen LogP contribution in [0.2, 0.25) is 0 Å². The minimum Gasteiger partial charge on any atom is -0.492 e. The maximum atomic E-state index is 5.75. The molecule has 2 rings (SSSR count). The number of ether oxygens (including phenoxy) is 2. The molecule has 0 atom stereocenters. The summed E-state index contributed by atoms with van der Waals surface area (Å²) in [6, 6.07) is 12.7. The fraction of sp³-hybridized carbons (Fsp3) is 0.250. The molecular formula is C16H21N3O2. The predicted molar refractivity (Wildman–Crippen MR) is 85.8 cm³/mol. The summed E-state index contributed by atoms with van der Waals surface area (Å²) in [5.74, 6) is 2.20. The molecule has 0 aliphatic heterocycles. The lowest BCUT2D eigenvalue weighted by atomic mass is 10.2. The maximum absolute atomic E-state index is 5.75. The smallest absolute Gasteiger partial charge is 0.129 e. The van der Waals surface area contributed by atoms with Crippen LogP contribution in [0.1, 0.15) is 0 Å². The maximum Gasteiger partial charge on any atom is 0.129 e. The Bertz CT molecular complexity index is 583. The van der Waals surface area contributed by atoms with Crippen LogP contribution in [-0.2, 0) is 0 Å². The molecule has 0 saturated heterocycles. The van der Waals surface area contributed by atoms with Gasteiger partial charge in [-0.3, -0.25) is 0 Å². The Kier molecular flexibility index (Phi) is 4.90. The quantitative estimate of drug-likeness (QED) is 0.799. The number of nitrogen functional groups attached to an aromatic ring is 2. The summed E-state index contributed by atoms with van der Waals surface area (Å²) in [7, 11) is 4.03. The second-order valence-corrected chi connectivity index (χ2v) is 5.02. The molecule has 0 aliphatic rings. The molecule has 2 aromatic rings. The highest BCUT2D eigenvalue weighted by Crippen LogP contribution is 2.27. The van der Waals surface area contributed by atoms with Gasteiger partial charge in [0.25, 0.3) is 0 Å². The van der Waals surface area contributed by atoms with Crippen molar-refractivity contribution in [3.05, 3.63) is 42.5 Å². The van der Waals surface area contributed by atoms with Crippen LogP contribution in [0.4, 0.5) is 11.4 Å². The van der Waals surface area contributed by atoms with Gasteiger partial charge in [-0.1, -0.05) is 0 Å². The Balaban J connectivity index is 1.94. The summed E-state index contributed by atoms with van der Waals surface area (Å²) in [5, 5.41) is 0. The van der Waals surface area contributed by atoms with Crippen LogP contribution in [0.15, 0.2) is 42.5 Å². The normalized spacial score (nSPS) is 10.6. The molecule has 0 aliphatic carbocycles. The van der Waals surface area contributed by atoms with Gasteiger partial charge in [-0.25, -0.2) is 0 Å². The van der Waals surface area contributed by atoms with Gasteiger partial charge in [0.2, 0.25) is 0 Å². The number of rotatable bonds is 6. The van der Waals surface area contributed by atoms with Gasteiger partial charge in [-0.05, 0) is 50.5 Å². The third-order valence-electron chi connectivity index (χ3n) is 2.92. The van der Waals surface area contributed by atoms with Crippen molar-refractivity contribution >= 4 is 11.4 Å². The van der Waals surface area contributed by atoms with Gasteiger partial charge in [0.1, 0.15) is 23.9 Å². The highest BCUT2D eigenvalue weighted by Gasteiger charge is 2.01. The molecule has 0 spiro atoms. The largest absolute Gasteiger partial charge is 0.492 e. The van der Waals surface area contributed by atoms with E-state index in [1.807, 2.05) is 38.4 Å². The number of likely N-dealkylation sites (N-methyl/N-ethyl adjacent to an activating group) is 1. The van der Waals surface area contributed by atoms with E-state index in [0.29, 0.717) is 23.7 Å². The van der Waals surface area contributed by atoms with Gasteiger partial charge in [-0.2, -0.15) is 0 Å². The molecule has 0 heterocycles. The molecule has 0 saturated carbocycles. The fourth-order valence-electron chi connectivity index (χ4n) is 1.70. The third kappa shape index (κ3) is 4.57. The van der Waals surface area contributed by atoms with E-state index in [1.54, 1.807) is 18.2 Å². The topological polar surface area (TPSA) is 73.7 Å². The van der Waals surface area contributed by atoms with Gasteiger partial charge in [0.05, 0.1) is 11.4 Å². The van der Waals surface area contributed by atoms with Crippen molar-refractivity contribution in [3.8, 4) is 17.2 Å². The Morgan fingerprint density at radius 2 is 1.48 bits per heavy atom. The first-order chi connectivity index (χ1) is 10.0. The third-order valence-corrected chi connectivity index (χ3v) is 2.92. The van der Waals surface area contributed by atoms with Crippen LogP contribution < -0.4 is 20.9 Å². The molecule has 0 radical (unpaired) electrons. The molecule has 21 heavy (non-hydrogen) atoms. The van der Waals surface area contributed by atoms with Crippen LogP contribution in [-0.4, -0.2) is 32.1 Å². The van der Waals surface area contributed by atoms with Gasteiger partial charge in [0.15, 0.2) is 0 Å². The van der Waals surface area contributed by atoms with E-state index in [9.17, 15) is 0 Å². The van der Waals surface area contributed by atoms with Crippen molar-refractivity contribution in [2.75, 3.05) is 38.7 Å². The summed E-state index contributed by atoms with van der Waals surface area (Å²) in [6.07, 6.45) is 0. The number of hydrogen-bond donors (Lipinski definition) is 2. The molecule has 0 fully saturated rings. The summed E-state index contributed by atoms with van der Waals surface area (Å²) >= 11 is 0. The van der Waals surface area contributed by atoms with E-state index in [4.69, 9.17) is 20.9 Å². The van der Waals surface area contributed by atoms with Crippen LogP contribution >= 0.6 is 0 Å². The van der Waals surface area contributed by atoms with Crippen molar-refractivity contribution in [1.82, 2.24) is 4.90 Å². The molecule has 5 heteroatoms. The van der Waals surface area contributed by atoms with Crippen molar-refractivity contribution in [2.24, 2.45) is 0 Å². The van der Waals surface area contributed by atoms with Crippen molar-refractivity contribution in [2.45, 2.75) is 0 Å². The molecule has 2 aromatic carbocycles. The lowest BCUT2D eigenvalue weighted by Crippen LogP contribution is -2.19. The van der Waals surface area contributed by atoms with Gasteiger partial charge in [-0.15, -0.1) is 0 Å². The number of nitrogens with zero attached hydrogens (tertiary/aromatic N) is 1. The molecule has 0 bridgehead atoms. The summed E-state index contributed by atoms with van der Waals surface area (Å²) < 4.78 is 11.3. The minimum atomic E-state index is 0.510. The van der Waals surface area contributed by atoms with E-state index >= 15 is 0 Å². The Hall–Kier alpha value is -2.40. The minimum absolute atomic E-state index is 0.510. The summed E-state index contributed by atoms with van der Waals surface area (Å²) in [4.78, 5) is 2.07. The SMILES string of the molecule is CN(C)CCOc1ccc(Oc2ccc(N)c(N)c2)cc1. The van der Waals surface area contributed by atoms with Crippen LogP contribution in [0.3, 0.4) is 0 Å². The van der Waals surface area contributed by atoms with E-state index in [1.165, 1.54) is 0 Å². The zero-order valence-corrected chi connectivity index (χ0v) is 12.4. The fourth-order valence-corrected chi connectivity index (χ4v) is 1.70. The van der Waals surface area contributed by atoms with Crippen molar-refractivity contribution < 1.29 is 9.47 Å². The molecule has 4 N–H and O–H groups in total. The molecule has 112 valence electrons. The first-order valence-corrected chi connectivity index (χ1v) is 6.75. The van der Waals surface area contributed by atoms with Gasteiger partial charge >= 0.3 is 0 Å². The zero-order valence-electron chi connectivity index (χ0n) is 12.4. The summed E-state index contributed by atoms with van der Waals surface area (Å²) in [5.41, 5.74) is 12.5. The standard InChI is InChI=1S/C16H21N3O2/c1-19(2)9-10-20-12-3-5-13(6-4-12)21-14-7-8-15(17)16(18)11-14/h3-8,11H,9-10,17-18H2,1-2H3. The van der Waals surface area contributed by atoms with Crippen molar-refractivity contribution in [3.63, 3.8) is 0 Å².